The molecule has 0 spiro atoms. The molecule has 1 aromatic carbocycles. The van der Waals surface area contributed by atoms with Crippen molar-refractivity contribution in [3.63, 3.8) is 0 Å². The minimum absolute atomic E-state index is 0.0416. The van der Waals surface area contributed by atoms with Gasteiger partial charge in [0.15, 0.2) is 0 Å². The lowest BCUT2D eigenvalue weighted by molar-refractivity contribution is 0.579. The molecule has 0 radical (unpaired) electrons. The second-order valence-electron chi connectivity index (χ2n) is 3.81. The SMILES string of the molecule is NCc1ccccc1S(=O)(=O)NCc1csc(=O)[nH]1. The van der Waals surface area contributed by atoms with Crippen molar-refractivity contribution in [2.75, 3.05) is 0 Å². The van der Waals surface area contributed by atoms with Crippen molar-refractivity contribution in [1.82, 2.24) is 9.71 Å². The lowest BCUT2D eigenvalue weighted by Gasteiger charge is -2.09. The number of hydrogen-bond acceptors (Lipinski definition) is 5. The number of aromatic amines is 1. The van der Waals surface area contributed by atoms with Gasteiger partial charge < -0.3 is 10.7 Å². The summed E-state index contributed by atoms with van der Waals surface area (Å²) in [7, 11) is -3.64. The fourth-order valence-corrected chi connectivity index (χ4v) is 3.42. The average Bonchev–Trinajstić information content (AvgIpc) is 2.82. The van der Waals surface area contributed by atoms with E-state index in [2.05, 4.69) is 9.71 Å². The first kappa shape index (κ1) is 13.9. The molecule has 6 nitrogen and oxygen atoms in total. The third-order valence-corrected chi connectivity index (χ3v) is 4.73. The molecule has 0 atom stereocenters. The maximum Gasteiger partial charge on any atom is 0.304 e. The summed E-state index contributed by atoms with van der Waals surface area (Å²) < 4.78 is 26.7. The summed E-state index contributed by atoms with van der Waals surface area (Å²) in [5, 5.41) is 1.58. The van der Waals surface area contributed by atoms with E-state index < -0.39 is 10.0 Å². The fraction of sp³-hybridized carbons (Fsp3) is 0.182. The van der Waals surface area contributed by atoms with Crippen LogP contribution in [-0.2, 0) is 23.1 Å². The molecule has 8 heteroatoms. The number of thiazole rings is 1. The van der Waals surface area contributed by atoms with Crippen LogP contribution in [0.5, 0.6) is 0 Å². The van der Waals surface area contributed by atoms with Gasteiger partial charge in [-0.15, -0.1) is 0 Å². The van der Waals surface area contributed by atoms with Crippen LogP contribution in [0.4, 0.5) is 0 Å². The van der Waals surface area contributed by atoms with Crippen molar-refractivity contribution in [2.24, 2.45) is 5.73 Å². The number of H-pyrrole nitrogens is 1. The van der Waals surface area contributed by atoms with E-state index in [0.717, 1.165) is 11.3 Å². The van der Waals surface area contributed by atoms with Crippen molar-refractivity contribution in [2.45, 2.75) is 18.0 Å². The van der Waals surface area contributed by atoms with Gasteiger partial charge in [0.2, 0.25) is 10.0 Å². The van der Waals surface area contributed by atoms with Crippen LogP contribution in [0, 0.1) is 0 Å². The van der Waals surface area contributed by atoms with Gasteiger partial charge in [-0.25, -0.2) is 13.1 Å². The van der Waals surface area contributed by atoms with Gasteiger partial charge in [0.1, 0.15) is 0 Å². The van der Waals surface area contributed by atoms with Gasteiger partial charge in [-0.3, -0.25) is 4.79 Å². The second kappa shape index (κ2) is 5.66. The molecule has 0 bridgehead atoms. The molecule has 2 aromatic rings. The van der Waals surface area contributed by atoms with Crippen LogP contribution >= 0.6 is 11.3 Å². The standard InChI is InChI=1S/C11H13N3O3S2/c12-5-8-3-1-2-4-10(8)19(16,17)13-6-9-7-18-11(15)14-9/h1-4,7,13H,5-6,12H2,(H,14,15). The molecule has 1 aromatic heterocycles. The molecule has 1 heterocycles. The van der Waals surface area contributed by atoms with E-state index in [4.69, 9.17) is 5.73 Å². The van der Waals surface area contributed by atoms with Crippen LogP contribution in [0.25, 0.3) is 0 Å². The summed E-state index contributed by atoms with van der Waals surface area (Å²) in [5.74, 6) is 0. The molecule has 2 rings (SSSR count). The Morgan fingerprint density at radius 2 is 2.05 bits per heavy atom. The Kier molecular flexibility index (Phi) is 4.15. The minimum Gasteiger partial charge on any atom is -0.326 e. The maximum absolute atomic E-state index is 12.1. The molecule has 0 aliphatic heterocycles. The zero-order chi connectivity index (χ0) is 13.9. The van der Waals surface area contributed by atoms with Crippen LogP contribution in [-0.4, -0.2) is 13.4 Å². The smallest absolute Gasteiger partial charge is 0.304 e. The normalized spacial score (nSPS) is 11.6. The topological polar surface area (TPSA) is 105 Å². The second-order valence-corrected chi connectivity index (χ2v) is 6.39. The van der Waals surface area contributed by atoms with E-state index in [1.54, 1.807) is 23.6 Å². The average molecular weight is 299 g/mol. The molecule has 0 aliphatic carbocycles. The van der Waals surface area contributed by atoms with Crippen LogP contribution in [0.3, 0.4) is 0 Å². The van der Waals surface area contributed by atoms with E-state index in [1.165, 1.54) is 6.07 Å². The molecule has 4 N–H and O–H groups in total. The Balaban J connectivity index is 2.20. The van der Waals surface area contributed by atoms with Gasteiger partial charge in [-0.05, 0) is 11.6 Å². The Bertz CT molecular complexity index is 719. The number of benzene rings is 1. The number of rotatable bonds is 5. The van der Waals surface area contributed by atoms with Gasteiger partial charge >= 0.3 is 4.87 Å². The lowest BCUT2D eigenvalue weighted by atomic mass is 10.2. The summed E-state index contributed by atoms with van der Waals surface area (Å²) in [6.07, 6.45) is 0. The minimum atomic E-state index is -3.64. The van der Waals surface area contributed by atoms with Crippen LogP contribution in [0.15, 0.2) is 39.3 Å². The summed E-state index contributed by atoms with van der Waals surface area (Å²) in [6.45, 7) is 0.187. The zero-order valence-corrected chi connectivity index (χ0v) is 11.6. The Labute approximate surface area is 114 Å². The highest BCUT2D eigenvalue weighted by Gasteiger charge is 2.17. The third kappa shape index (κ3) is 3.29. The molecule has 0 fully saturated rings. The van der Waals surface area contributed by atoms with E-state index >= 15 is 0 Å². The van der Waals surface area contributed by atoms with Crippen LogP contribution in [0.2, 0.25) is 0 Å². The Hall–Kier alpha value is -1.48. The quantitative estimate of drug-likeness (QED) is 0.742. The van der Waals surface area contributed by atoms with Crippen LogP contribution in [0.1, 0.15) is 11.3 Å². The molecule has 0 unspecified atom stereocenters. The van der Waals surface area contributed by atoms with E-state index in [9.17, 15) is 13.2 Å². The number of nitrogens with two attached hydrogens (primary N) is 1. The third-order valence-electron chi connectivity index (χ3n) is 2.51. The molecular formula is C11H13N3O3S2. The van der Waals surface area contributed by atoms with Crippen molar-refractivity contribution < 1.29 is 8.42 Å². The summed E-state index contributed by atoms with van der Waals surface area (Å²) in [4.78, 5) is 13.4. The van der Waals surface area contributed by atoms with Crippen LogP contribution < -0.4 is 15.3 Å². The molecule has 102 valence electrons. The van der Waals surface area contributed by atoms with Crippen molar-refractivity contribution in [1.29, 1.82) is 0 Å². The van der Waals surface area contributed by atoms with Crippen molar-refractivity contribution in [3.8, 4) is 0 Å². The monoisotopic (exact) mass is 299 g/mol. The highest BCUT2D eigenvalue weighted by Crippen LogP contribution is 2.14. The van der Waals surface area contributed by atoms with E-state index in [1.807, 2.05) is 0 Å². The van der Waals surface area contributed by atoms with Gasteiger partial charge in [0, 0.05) is 17.6 Å². The molecular weight excluding hydrogens is 286 g/mol. The van der Waals surface area contributed by atoms with Gasteiger partial charge in [0.05, 0.1) is 11.4 Å². The molecule has 0 aliphatic rings. The number of nitrogens with one attached hydrogen (secondary N) is 2. The van der Waals surface area contributed by atoms with Crippen molar-refractivity contribution >= 4 is 21.4 Å². The number of hydrogen-bond donors (Lipinski definition) is 3. The predicted octanol–water partition coefficient (Wildman–Crippen LogP) is 0.374. The predicted molar refractivity (Wildman–Crippen MR) is 73.3 cm³/mol. The molecule has 19 heavy (non-hydrogen) atoms. The fourth-order valence-electron chi connectivity index (χ4n) is 1.59. The van der Waals surface area contributed by atoms with Gasteiger partial charge in [-0.2, -0.15) is 0 Å². The van der Waals surface area contributed by atoms with E-state index in [0.29, 0.717) is 11.3 Å². The van der Waals surface area contributed by atoms with Gasteiger partial charge in [-0.1, -0.05) is 29.5 Å². The zero-order valence-electron chi connectivity index (χ0n) is 9.92. The first-order valence-electron chi connectivity index (χ1n) is 5.47. The highest BCUT2D eigenvalue weighted by atomic mass is 32.2. The Morgan fingerprint density at radius 3 is 2.68 bits per heavy atom. The largest absolute Gasteiger partial charge is 0.326 e. The summed E-state index contributed by atoms with van der Waals surface area (Å²) in [5.41, 5.74) is 6.60. The number of aromatic nitrogens is 1. The van der Waals surface area contributed by atoms with Gasteiger partial charge in [0.25, 0.3) is 0 Å². The van der Waals surface area contributed by atoms with E-state index in [-0.39, 0.29) is 22.9 Å². The Morgan fingerprint density at radius 1 is 1.32 bits per heavy atom. The maximum atomic E-state index is 12.1. The first-order valence-corrected chi connectivity index (χ1v) is 7.83. The molecule has 0 saturated heterocycles. The molecule has 0 saturated carbocycles. The summed E-state index contributed by atoms with van der Waals surface area (Å²) in [6, 6.07) is 6.54. The summed E-state index contributed by atoms with van der Waals surface area (Å²) >= 11 is 0.993. The first-order chi connectivity index (χ1) is 9.03. The molecule has 0 amide bonds. The highest BCUT2D eigenvalue weighted by molar-refractivity contribution is 7.89. The van der Waals surface area contributed by atoms with Crippen molar-refractivity contribution in [3.05, 3.63) is 50.6 Å². The lowest BCUT2D eigenvalue weighted by Crippen LogP contribution is -2.25. The number of sulfonamides is 1.